The molecule has 4 amide bonds. The first-order valence-electron chi connectivity index (χ1n) is 8.84. The molecule has 0 saturated carbocycles. The standard InChI is InChI=1S/C16H29N5O6S2/c1-7(2)12(18)15(25)21-10(6-29)14(24)20-9(5-28)13(23)19-8(16(26)27)3-4-11(17)22/h7-10,12,28-29H,3-6,18H2,1-2H3,(H2,17,22)(H,19,23)(H,20,24)(H,21,25)(H,26,27). The summed E-state index contributed by atoms with van der Waals surface area (Å²) < 4.78 is 0. The fraction of sp³-hybridized carbons (Fsp3) is 0.688. The van der Waals surface area contributed by atoms with Crippen molar-refractivity contribution in [3.63, 3.8) is 0 Å². The molecule has 11 nitrogen and oxygen atoms in total. The second-order valence-corrected chi connectivity index (χ2v) is 7.39. The maximum atomic E-state index is 12.4. The Bertz CT molecular complexity index is 619. The third-order valence-corrected chi connectivity index (χ3v) is 4.68. The summed E-state index contributed by atoms with van der Waals surface area (Å²) in [5, 5.41) is 16.2. The maximum absolute atomic E-state index is 12.4. The zero-order valence-electron chi connectivity index (χ0n) is 16.3. The lowest BCUT2D eigenvalue weighted by molar-refractivity contribution is -0.142. The first kappa shape index (κ1) is 27.0. The van der Waals surface area contributed by atoms with Crippen molar-refractivity contribution < 1.29 is 29.1 Å². The molecule has 29 heavy (non-hydrogen) atoms. The highest BCUT2D eigenvalue weighted by Gasteiger charge is 2.29. The van der Waals surface area contributed by atoms with Crippen LogP contribution in [0.3, 0.4) is 0 Å². The topological polar surface area (TPSA) is 194 Å². The van der Waals surface area contributed by atoms with Gasteiger partial charge in [0.1, 0.15) is 18.1 Å². The van der Waals surface area contributed by atoms with Crippen LogP contribution in [0.5, 0.6) is 0 Å². The van der Waals surface area contributed by atoms with Gasteiger partial charge < -0.3 is 32.5 Å². The lowest BCUT2D eigenvalue weighted by atomic mass is 10.0. The summed E-state index contributed by atoms with van der Waals surface area (Å²) >= 11 is 8.02. The van der Waals surface area contributed by atoms with Gasteiger partial charge in [-0.05, 0) is 12.3 Å². The first-order chi connectivity index (χ1) is 13.4. The number of carbonyl (C=O) groups is 5. The number of rotatable bonds is 13. The number of hydrogen-bond acceptors (Lipinski definition) is 8. The molecule has 13 heteroatoms. The highest BCUT2D eigenvalue weighted by atomic mass is 32.1. The Balaban J connectivity index is 5.01. The number of nitrogens with two attached hydrogens (primary N) is 2. The van der Waals surface area contributed by atoms with Crippen LogP contribution < -0.4 is 27.4 Å². The number of primary amides is 1. The smallest absolute Gasteiger partial charge is 0.326 e. The molecule has 0 aromatic heterocycles. The third kappa shape index (κ3) is 9.85. The first-order valence-corrected chi connectivity index (χ1v) is 10.1. The van der Waals surface area contributed by atoms with Gasteiger partial charge in [0, 0.05) is 17.9 Å². The predicted molar refractivity (Wildman–Crippen MR) is 112 cm³/mol. The van der Waals surface area contributed by atoms with Gasteiger partial charge in [-0.25, -0.2) is 4.79 Å². The van der Waals surface area contributed by atoms with Crippen molar-refractivity contribution in [2.45, 2.75) is 50.9 Å². The summed E-state index contributed by atoms with van der Waals surface area (Å²) in [6, 6.07) is -4.43. The van der Waals surface area contributed by atoms with Crippen molar-refractivity contribution >= 4 is 54.9 Å². The Morgan fingerprint density at radius 2 is 1.28 bits per heavy atom. The normalized spacial score (nSPS) is 15.0. The van der Waals surface area contributed by atoms with Gasteiger partial charge in [-0.3, -0.25) is 19.2 Å². The molecule has 4 unspecified atom stereocenters. The van der Waals surface area contributed by atoms with E-state index in [0.717, 1.165) is 0 Å². The van der Waals surface area contributed by atoms with Crippen LogP contribution in [-0.2, 0) is 24.0 Å². The lowest BCUT2D eigenvalue weighted by Gasteiger charge is -2.24. The maximum Gasteiger partial charge on any atom is 0.326 e. The molecule has 0 heterocycles. The van der Waals surface area contributed by atoms with Gasteiger partial charge in [0.2, 0.25) is 23.6 Å². The molecule has 166 valence electrons. The van der Waals surface area contributed by atoms with E-state index in [1.54, 1.807) is 13.8 Å². The molecule has 0 aromatic carbocycles. The van der Waals surface area contributed by atoms with Crippen molar-refractivity contribution in [2.75, 3.05) is 11.5 Å². The number of amides is 4. The molecule has 0 aliphatic carbocycles. The third-order valence-electron chi connectivity index (χ3n) is 3.95. The number of aliphatic carboxylic acids is 1. The van der Waals surface area contributed by atoms with Gasteiger partial charge in [-0.2, -0.15) is 25.3 Å². The van der Waals surface area contributed by atoms with E-state index in [9.17, 15) is 24.0 Å². The van der Waals surface area contributed by atoms with Crippen molar-refractivity contribution in [3.8, 4) is 0 Å². The predicted octanol–water partition coefficient (Wildman–Crippen LogP) is -2.37. The average molecular weight is 452 g/mol. The van der Waals surface area contributed by atoms with Crippen molar-refractivity contribution in [1.82, 2.24) is 16.0 Å². The van der Waals surface area contributed by atoms with Crippen LogP contribution in [0.2, 0.25) is 0 Å². The molecule has 4 atom stereocenters. The van der Waals surface area contributed by atoms with Crippen molar-refractivity contribution in [1.29, 1.82) is 0 Å². The Labute approximate surface area is 179 Å². The molecular formula is C16H29N5O6S2. The summed E-state index contributed by atoms with van der Waals surface area (Å²) in [4.78, 5) is 58.8. The molecule has 0 rings (SSSR count). The number of carboxylic acids is 1. The molecule has 8 N–H and O–H groups in total. The van der Waals surface area contributed by atoms with E-state index in [4.69, 9.17) is 16.6 Å². The van der Waals surface area contributed by atoms with Crippen LogP contribution in [-0.4, -0.2) is 70.4 Å². The zero-order chi connectivity index (χ0) is 22.7. The van der Waals surface area contributed by atoms with Crippen molar-refractivity contribution in [2.24, 2.45) is 17.4 Å². The molecule has 0 bridgehead atoms. The van der Waals surface area contributed by atoms with E-state index in [0.29, 0.717) is 0 Å². The highest BCUT2D eigenvalue weighted by molar-refractivity contribution is 7.80. The summed E-state index contributed by atoms with van der Waals surface area (Å²) in [5.74, 6) is -4.47. The monoisotopic (exact) mass is 451 g/mol. The number of hydrogen-bond donors (Lipinski definition) is 8. The van der Waals surface area contributed by atoms with Crippen LogP contribution >= 0.6 is 25.3 Å². The fourth-order valence-corrected chi connectivity index (χ4v) is 2.56. The van der Waals surface area contributed by atoms with Crippen LogP contribution in [0.1, 0.15) is 26.7 Å². The largest absolute Gasteiger partial charge is 0.480 e. The minimum atomic E-state index is -1.36. The average Bonchev–Trinajstić information content (AvgIpc) is 2.65. The van der Waals surface area contributed by atoms with Gasteiger partial charge in [0.05, 0.1) is 6.04 Å². The minimum Gasteiger partial charge on any atom is -0.480 e. The molecular weight excluding hydrogens is 422 g/mol. The minimum absolute atomic E-state index is 0.0559. The van der Waals surface area contributed by atoms with Gasteiger partial charge in [0.25, 0.3) is 0 Å². The van der Waals surface area contributed by atoms with Gasteiger partial charge in [-0.1, -0.05) is 13.8 Å². The second-order valence-electron chi connectivity index (χ2n) is 6.66. The summed E-state index contributed by atoms with van der Waals surface area (Å²) in [6.07, 6.45) is -0.439. The van der Waals surface area contributed by atoms with Gasteiger partial charge in [-0.15, -0.1) is 0 Å². The van der Waals surface area contributed by atoms with E-state index in [-0.39, 0.29) is 30.3 Å². The Kier molecular flexibility index (Phi) is 12.4. The highest BCUT2D eigenvalue weighted by Crippen LogP contribution is 2.02. The molecule has 0 saturated heterocycles. The van der Waals surface area contributed by atoms with Crippen LogP contribution in [0.25, 0.3) is 0 Å². The van der Waals surface area contributed by atoms with Crippen LogP contribution in [0.15, 0.2) is 0 Å². The molecule has 0 fully saturated rings. The second kappa shape index (κ2) is 13.3. The summed E-state index contributed by atoms with van der Waals surface area (Å²) in [5.41, 5.74) is 10.7. The molecule has 0 aromatic rings. The van der Waals surface area contributed by atoms with Crippen LogP contribution in [0, 0.1) is 5.92 Å². The Morgan fingerprint density at radius 3 is 1.62 bits per heavy atom. The lowest BCUT2D eigenvalue weighted by Crippen LogP contribution is -2.58. The van der Waals surface area contributed by atoms with E-state index >= 15 is 0 Å². The molecule has 0 spiro atoms. The summed E-state index contributed by atoms with van der Waals surface area (Å²) in [7, 11) is 0. The van der Waals surface area contributed by atoms with Crippen LogP contribution in [0.4, 0.5) is 0 Å². The van der Waals surface area contributed by atoms with Gasteiger partial charge >= 0.3 is 5.97 Å². The SMILES string of the molecule is CC(C)C(N)C(=O)NC(CS)C(=O)NC(CS)C(=O)NC(CCC(N)=O)C(=O)O. The fourth-order valence-electron chi connectivity index (χ4n) is 2.05. The molecule has 0 radical (unpaired) electrons. The van der Waals surface area contributed by atoms with Gasteiger partial charge in [0.15, 0.2) is 0 Å². The van der Waals surface area contributed by atoms with E-state index in [2.05, 4.69) is 41.2 Å². The van der Waals surface area contributed by atoms with E-state index in [1.165, 1.54) is 0 Å². The molecule has 0 aliphatic heterocycles. The molecule has 0 aliphatic rings. The zero-order valence-corrected chi connectivity index (χ0v) is 18.0. The van der Waals surface area contributed by atoms with E-state index in [1.807, 2.05) is 0 Å². The van der Waals surface area contributed by atoms with Crippen molar-refractivity contribution in [3.05, 3.63) is 0 Å². The Hall–Kier alpha value is -1.99. The van der Waals surface area contributed by atoms with E-state index < -0.39 is 53.8 Å². The number of nitrogens with one attached hydrogen (secondary N) is 3. The Morgan fingerprint density at radius 1 is 0.862 bits per heavy atom. The number of thiol groups is 2. The number of carboxylic acid groups (broad SMARTS) is 1. The number of carbonyl (C=O) groups excluding carboxylic acids is 4. The summed E-state index contributed by atoms with van der Waals surface area (Å²) in [6.45, 7) is 3.50. The quantitative estimate of drug-likeness (QED) is 0.143.